The minimum absolute atomic E-state index is 0.00335. The molecular weight excluding hydrogens is 535 g/mol. The minimum atomic E-state index is -1.14. The maximum atomic E-state index is 14.6. The van der Waals surface area contributed by atoms with Gasteiger partial charge in [-0.15, -0.1) is 0 Å². The molecule has 1 amide bonds. The van der Waals surface area contributed by atoms with Crippen molar-refractivity contribution in [3.63, 3.8) is 0 Å². The van der Waals surface area contributed by atoms with Crippen molar-refractivity contribution in [2.24, 2.45) is 10.8 Å². The van der Waals surface area contributed by atoms with Crippen molar-refractivity contribution in [2.75, 3.05) is 18.1 Å². The molecule has 6 aliphatic rings. The Balaban J connectivity index is 1.15. The largest absolute Gasteiger partial charge is 0.464 e. The topological polar surface area (TPSA) is 107 Å². The van der Waals surface area contributed by atoms with Crippen molar-refractivity contribution in [3.05, 3.63) is 42.4 Å². The van der Waals surface area contributed by atoms with Gasteiger partial charge in [0.15, 0.2) is 5.82 Å². The molecule has 3 heterocycles. The summed E-state index contributed by atoms with van der Waals surface area (Å²) in [7, 11) is 0. The quantitative estimate of drug-likeness (QED) is 0.316. The van der Waals surface area contributed by atoms with Gasteiger partial charge in [0.2, 0.25) is 11.8 Å². The summed E-state index contributed by atoms with van der Waals surface area (Å²) in [5.41, 5.74) is 0.258. The molecule has 6 aliphatic carbocycles. The molecule has 3 aromatic rings. The lowest BCUT2D eigenvalue weighted by Crippen LogP contribution is -2.71. The third-order valence-electron chi connectivity index (χ3n) is 10.4. The van der Waals surface area contributed by atoms with E-state index < -0.39 is 11.1 Å². The van der Waals surface area contributed by atoms with E-state index in [0.29, 0.717) is 50.0 Å². The molecule has 6 fully saturated rings. The van der Waals surface area contributed by atoms with Crippen LogP contribution in [-0.4, -0.2) is 49.8 Å². The Morgan fingerprint density at radius 3 is 2.29 bits per heavy atom. The van der Waals surface area contributed by atoms with E-state index in [1.54, 1.807) is 18.6 Å². The molecule has 0 atom stereocenters. The van der Waals surface area contributed by atoms with Crippen LogP contribution in [0.3, 0.4) is 0 Å². The van der Waals surface area contributed by atoms with Crippen LogP contribution in [0.2, 0.25) is 0 Å². The number of aromatic nitrogens is 5. The van der Waals surface area contributed by atoms with E-state index in [-0.39, 0.29) is 22.2 Å². The van der Waals surface area contributed by atoms with E-state index >= 15 is 0 Å². The number of hydrogen-bond donors (Lipinski definition) is 0. The van der Waals surface area contributed by atoms with Gasteiger partial charge >= 0.3 is 6.01 Å². The van der Waals surface area contributed by atoms with Crippen molar-refractivity contribution < 1.29 is 18.4 Å². The van der Waals surface area contributed by atoms with Crippen molar-refractivity contribution in [2.45, 2.75) is 102 Å². The molecule has 0 N–H and O–H groups in total. The molecule has 0 radical (unpaired) electrons. The zero-order valence-corrected chi connectivity index (χ0v) is 25.0. The fourth-order valence-electron chi connectivity index (χ4n) is 7.77. The fourth-order valence-corrected chi connectivity index (χ4v) is 7.77. The molecule has 10 heteroatoms. The zero-order chi connectivity index (χ0) is 29.4. The molecule has 0 aliphatic heterocycles. The van der Waals surface area contributed by atoms with Crippen LogP contribution in [-0.2, 0) is 15.6 Å². The predicted octanol–water partition coefficient (Wildman–Crippen LogP) is 6.14. The van der Waals surface area contributed by atoms with Gasteiger partial charge in [0.1, 0.15) is 5.67 Å². The molecule has 9 rings (SSSR count). The second-order valence-electron chi connectivity index (χ2n) is 14.4. The van der Waals surface area contributed by atoms with Gasteiger partial charge in [0.25, 0.3) is 0 Å². The molecule has 42 heavy (non-hydrogen) atoms. The first-order valence-electron chi connectivity index (χ1n) is 15.2. The average Bonchev–Trinajstić information content (AvgIpc) is 3.48. The fraction of sp³-hybridized carbons (Fsp3) is 0.625. The Morgan fingerprint density at radius 1 is 1.05 bits per heavy atom. The van der Waals surface area contributed by atoms with Gasteiger partial charge in [-0.2, -0.15) is 4.98 Å². The van der Waals surface area contributed by atoms with Crippen molar-refractivity contribution in [3.8, 4) is 17.3 Å². The SMILES string of the molecule is CCOc1ncc(-c2cc(N(CC34CCC(c5noc(C(C)(C)C)n5)(CC3)CC4)C(=O)C34CC(F)(C3)C4)ccn2)cn1. The van der Waals surface area contributed by atoms with Crippen molar-refractivity contribution >= 4 is 11.6 Å². The van der Waals surface area contributed by atoms with E-state index in [0.717, 1.165) is 55.6 Å². The summed E-state index contributed by atoms with van der Waals surface area (Å²) in [4.78, 5) is 34.1. The number of fused-ring (bicyclic) bond motifs is 3. The summed E-state index contributed by atoms with van der Waals surface area (Å²) in [6, 6.07) is 4.15. The lowest BCUT2D eigenvalue weighted by atomic mass is 9.41. The summed E-state index contributed by atoms with van der Waals surface area (Å²) in [5, 5.41) is 4.44. The first kappa shape index (κ1) is 27.4. The summed E-state index contributed by atoms with van der Waals surface area (Å²) < 4.78 is 25.6. The van der Waals surface area contributed by atoms with E-state index in [2.05, 4.69) is 40.9 Å². The van der Waals surface area contributed by atoms with Crippen LogP contribution in [0.1, 0.15) is 97.2 Å². The van der Waals surface area contributed by atoms with Gasteiger partial charge in [-0.1, -0.05) is 25.9 Å². The molecule has 0 spiro atoms. The number of ether oxygens (including phenoxy) is 1. The minimum Gasteiger partial charge on any atom is -0.464 e. The Labute approximate surface area is 245 Å². The first-order valence-corrected chi connectivity index (χ1v) is 15.2. The third-order valence-corrected chi connectivity index (χ3v) is 10.4. The van der Waals surface area contributed by atoms with Crippen molar-refractivity contribution in [1.29, 1.82) is 0 Å². The smallest absolute Gasteiger partial charge is 0.316 e. The lowest BCUT2D eigenvalue weighted by molar-refractivity contribution is -0.211. The number of nitrogens with zero attached hydrogens (tertiary/aromatic N) is 6. The number of anilines is 1. The monoisotopic (exact) mass is 574 g/mol. The third kappa shape index (κ3) is 4.40. The van der Waals surface area contributed by atoms with Gasteiger partial charge in [0.05, 0.1) is 17.7 Å². The highest BCUT2D eigenvalue weighted by Crippen LogP contribution is 2.70. The predicted molar refractivity (Wildman–Crippen MR) is 154 cm³/mol. The molecule has 9 nitrogen and oxygen atoms in total. The highest BCUT2D eigenvalue weighted by atomic mass is 19.1. The van der Waals surface area contributed by atoms with Crippen LogP contribution < -0.4 is 9.64 Å². The summed E-state index contributed by atoms with van der Waals surface area (Å²) >= 11 is 0. The molecule has 0 aromatic carbocycles. The number of amides is 1. The highest BCUT2D eigenvalue weighted by molar-refractivity contribution is 6.00. The Morgan fingerprint density at radius 2 is 1.71 bits per heavy atom. The highest BCUT2D eigenvalue weighted by Gasteiger charge is 2.73. The average molecular weight is 575 g/mol. The number of pyridine rings is 1. The molecule has 3 aromatic heterocycles. The van der Waals surface area contributed by atoms with Gasteiger partial charge in [0, 0.05) is 47.2 Å². The van der Waals surface area contributed by atoms with E-state index in [4.69, 9.17) is 14.2 Å². The maximum Gasteiger partial charge on any atom is 0.316 e. The molecule has 6 saturated carbocycles. The van der Waals surface area contributed by atoms with Crippen LogP contribution in [0.15, 0.2) is 35.2 Å². The molecular formula is C32H39FN6O3. The van der Waals surface area contributed by atoms with Gasteiger partial charge in [-0.3, -0.25) is 9.78 Å². The number of carbonyl (C=O) groups excluding carboxylic acids is 1. The molecule has 0 saturated heterocycles. The number of rotatable bonds is 8. The Hall–Kier alpha value is -3.43. The van der Waals surface area contributed by atoms with Crippen LogP contribution in [0.4, 0.5) is 10.1 Å². The van der Waals surface area contributed by atoms with Crippen LogP contribution in [0.25, 0.3) is 11.3 Å². The number of hydrogen-bond acceptors (Lipinski definition) is 8. The number of halogens is 1. The summed E-state index contributed by atoms with van der Waals surface area (Å²) in [6.45, 7) is 9.25. The Bertz CT molecular complexity index is 1470. The van der Waals surface area contributed by atoms with Gasteiger partial charge in [-0.25, -0.2) is 14.4 Å². The Kier molecular flexibility index (Phi) is 6.06. The van der Waals surface area contributed by atoms with Crippen LogP contribution in [0, 0.1) is 10.8 Å². The van der Waals surface area contributed by atoms with E-state index in [1.165, 1.54) is 0 Å². The van der Waals surface area contributed by atoms with E-state index in [9.17, 15) is 9.18 Å². The lowest BCUT2D eigenvalue weighted by Gasteiger charge is -2.65. The molecule has 0 unspecified atom stereocenters. The number of carbonyl (C=O) groups is 1. The second-order valence-corrected chi connectivity index (χ2v) is 14.4. The van der Waals surface area contributed by atoms with Crippen molar-refractivity contribution in [1.82, 2.24) is 25.1 Å². The summed E-state index contributed by atoms with van der Waals surface area (Å²) in [5.74, 6) is 1.57. The summed E-state index contributed by atoms with van der Waals surface area (Å²) in [6.07, 6.45) is 12.0. The molecule has 4 bridgehead atoms. The van der Waals surface area contributed by atoms with Gasteiger partial charge in [-0.05, 0) is 82.3 Å². The van der Waals surface area contributed by atoms with Gasteiger partial charge < -0.3 is 14.2 Å². The van der Waals surface area contributed by atoms with Crippen LogP contribution >= 0.6 is 0 Å². The first-order chi connectivity index (χ1) is 20.0. The van der Waals surface area contributed by atoms with Crippen LogP contribution in [0.5, 0.6) is 6.01 Å². The van der Waals surface area contributed by atoms with E-state index in [1.807, 2.05) is 24.0 Å². The number of alkyl halides is 1. The maximum absolute atomic E-state index is 14.6. The molecule has 222 valence electrons. The normalized spacial score (nSPS) is 31.3. The zero-order valence-electron chi connectivity index (χ0n) is 25.0. The second kappa shape index (κ2) is 9.28. The standard InChI is InChI=1S/C32H39FN6O3/c1-5-41-27-35-15-21(16-36-27)23-14-22(6-13-34-23)39(26(40)31-17-32(33,18-31)19-31)20-29-7-10-30(11-8-29,12-9-29)24-37-25(42-38-24)28(2,3)4/h6,13-16H,5,7-12,17-20H2,1-4H3.